The highest BCUT2D eigenvalue weighted by molar-refractivity contribution is 7.90. The van der Waals surface area contributed by atoms with Gasteiger partial charge in [0, 0.05) is 28.0 Å². The number of benzene rings is 3. The SMILES string of the molecule is CS(=O)(=O)c1ccccc1-c1sc(C(=O)c2cccc(Cl)c2)nc1-c1ccc(F)cc1. The number of thiazole rings is 1. The van der Waals surface area contributed by atoms with Gasteiger partial charge in [-0.15, -0.1) is 11.3 Å². The minimum Gasteiger partial charge on any atom is -0.286 e. The molecule has 0 saturated heterocycles. The Morgan fingerprint density at radius 3 is 2.39 bits per heavy atom. The Hall–Kier alpha value is -2.87. The molecule has 0 bridgehead atoms. The molecule has 0 aliphatic carbocycles. The van der Waals surface area contributed by atoms with Crippen LogP contribution in [0.5, 0.6) is 0 Å². The molecule has 0 atom stereocenters. The number of carbonyl (C=O) groups excluding carboxylic acids is 1. The highest BCUT2D eigenvalue weighted by Gasteiger charge is 2.24. The summed E-state index contributed by atoms with van der Waals surface area (Å²) in [5.74, 6) is -0.744. The zero-order valence-electron chi connectivity index (χ0n) is 16.2. The zero-order valence-corrected chi connectivity index (χ0v) is 18.6. The van der Waals surface area contributed by atoms with E-state index in [0.29, 0.717) is 32.3 Å². The average molecular weight is 472 g/mol. The van der Waals surface area contributed by atoms with Crippen LogP contribution in [0.4, 0.5) is 4.39 Å². The van der Waals surface area contributed by atoms with E-state index >= 15 is 0 Å². The first-order valence-electron chi connectivity index (χ1n) is 9.10. The molecule has 4 aromatic rings. The van der Waals surface area contributed by atoms with Gasteiger partial charge in [-0.3, -0.25) is 4.79 Å². The first-order valence-corrected chi connectivity index (χ1v) is 12.2. The predicted octanol–water partition coefficient (Wildman–Crippen LogP) is 5.90. The Kier molecular flexibility index (Phi) is 5.75. The molecule has 0 spiro atoms. The first kappa shape index (κ1) is 21.4. The van der Waals surface area contributed by atoms with E-state index in [4.69, 9.17) is 11.6 Å². The van der Waals surface area contributed by atoms with Crippen LogP contribution in [0.15, 0.2) is 77.7 Å². The summed E-state index contributed by atoms with van der Waals surface area (Å²) in [7, 11) is -3.54. The Bertz CT molecular complexity index is 1400. The number of halogens is 2. The maximum absolute atomic E-state index is 13.5. The molecule has 1 aromatic heterocycles. The quantitative estimate of drug-likeness (QED) is 0.340. The van der Waals surface area contributed by atoms with Gasteiger partial charge in [-0.1, -0.05) is 41.9 Å². The number of ketones is 1. The number of hydrogen-bond acceptors (Lipinski definition) is 5. The van der Waals surface area contributed by atoms with Crippen LogP contribution < -0.4 is 0 Å². The van der Waals surface area contributed by atoms with Crippen molar-refractivity contribution in [2.75, 3.05) is 6.26 Å². The second kappa shape index (κ2) is 8.34. The van der Waals surface area contributed by atoms with Crippen LogP contribution in [-0.2, 0) is 9.84 Å². The molecule has 0 radical (unpaired) electrons. The summed E-state index contributed by atoms with van der Waals surface area (Å²) in [6.07, 6.45) is 1.13. The van der Waals surface area contributed by atoms with Crippen molar-refractivity contribution in [2.24, 2.45) is 0 Å². The van der Waals surface area contributed by atoms with Gasteiger partial charge in [-0.05, 0) is 42.5 Å². The molecular weight excluding hydrogens is 457 g/mol. The van der Waals surface area contributed by atoms with Crippen LogP contribution >= 0.6 is 22.9 Å². The van der Waals surface area contributed by atoms with Crippen molar-refractivity contribution in [3.63, 3.8) is 0 Å². The summed E-state index contributed by atoms with van der Waals surface area (Å²) < 4.78 is 38.2. The van der Waals surface area contributed by atoms with E-state index in [0.717, 1.165) is 17.6 Å². The molecule has 156 valence electrons. The van der Waals surface area contributed by atoms with Gasteiger partial charge < -0.3 is 0 Å². The van der Waals surface area contributed by atoms with Crippen molar-refractivity contribution in [3.05, 3.63) is 94.2 Å². The summed E-state index contributed by atoms with van der Waals surface area (Å²) in [5, 5.41) is 0.601. The van der Waals surface area contributed by atoms with Crippen LogP contribution in [0.2, 0.25) is 5.02 Å². The van der Waals surface area contributed by atoms with E-state index in [1.54, 1.807) is 54.6 Å². The van der Waals surface area contributed by atoms with E-state index in [-0.39, 0.29) is 15.7 Å². The van der Waals surface area contributed by atoms with Crippen LogP contribution in [0, 0.1) is 5.82 Å². The van der Waals surface area contributed by atoms with E-state index < -0.39 is 15.7 Å². The molecule has 0 saturated carbocycles. The van der Waals surface area contributed by atoms with Gasteiger partial charge in [0.05, 0.1) is 15.5 Å². The average Bonchev–Trinajstić information content (AvgIpc) is 3.18. The molecular formula is C23H15ClFNO3S2. The Balaban J connectivity index is 1.95. The molecule has 0 aliphatic rings. The van der Waals surface area contributed by atoms with Gasteiger partial charge in [0.15, 0.2) is 14.8 Å². The van der Waals surface area contributed by atoms with E-state index in [1.807, 2.05) is 0 Å². The van der Waals surface area contributed by atoms with Gasteiger partial charge in [0.1, 0.15) is 5.82 Å². The summed E-state index contributed by atoms with van der Waals surface area (Å²) in [4.78, 5) is 18.2. The van der Waals surface area contributed by atoms with Crippen molar-refractivity contribution in [1.82, 2.24) is 4.98 Å². The lowest BCUT2D eigenvalue weighted by Crippen LogP contribution is -2.00. The highest BCUT2D eigenvalue weighted by Crippen LogP contribution is 2.40. The van der Waals surface area contributed by atoms with E-state index in [1.165, 1.54) is 18.2 Å². The summed E-state index contributed by atoms with van der Waals surface area (Å²) in [5.41, 5.74) is 1.79. The third-order valence-electron chi connectivity index (χ3n) is 4.56. The number of sulfone groups is 1. The molecule has 31 heavy (non-hydrogen) atoms. The molecule has 4 nitrogen and oxygen atoms in total. The molecule has 4 rings (SSSR count). The monoisotopic (exact) mass is 471 g/mol. The molecule has 0 unspecified atom stereocenters. The minimum atomic E-state index is -3.54. The van der Waals surface area contributed by atoms with Crippen LogP contribution in [0.1, 0.15) is 15.4 Å². The van der Waals surface area contributed by atoms with Crippen LogP contribution in [0.25, 0.3) is 21.7 Å². The van der Waals surface area contributed by atoms with Gasteiger partial charge in [0.2, 0.25) is 5.78 Å². The fourth-order valence-electron chi connectivity index (χ4n) is 3.13. The molecule has 3 aromatic carbocycles. The lowest BCUT2D eigenvalue weighted by molar-refractivity contribution is 0.103. The third-order valence-corrected chi connectivity index (χ3v) is 7.03. The fourth-order valence-corrected chi connectivity index (χ4v) is 5.37. The van der Waals surface area contributed by atoms with E-state index in [9.17, 15) is 17.6 Å². The number of carbonyl (C=O) groups is 1. The van der Waals surface area contributed by atoms with Crippen LogP contribution in [-0.4, -0.2) is 25.4 Å². The number of nitrogens with zero attached hydrogens (tertiary/aromatic N) is 1. The van der Waals surface area contributed by atoms with Gasteiger partial charge in [0.25, 0.3) is 0 Å². The van der Waals surface area contributed by atoms with Gasteiger partial charge in [-0.25, -0.2) is 17.8 Å². The molecule has 0 amide bonds. The Morgan fingerprint density at radius 2 is 1.71 bits per heavy atom. The first-order chi connectivity index (χ1) is 14.7. The number of aromatic nitrogens is 1. The molecule has 8 heteroatoms. The second-order valence-electron chi connectivity index (χ2n) is 6.81. The van der Waals surface area contributed by atoms with Crippen molar-refractivity contribution in [3.8, 4) is 21.7 Å². The third kappa shape index (κ3) is 4.44. The molecule has 0 fully saturated rings. The van der Waals surface area contributed by atoms with Gasteiger partial charge in [-0.2, -0.15) is 0 Å². The van der Waals surface area contributed by atoms with Crippen molar-refractivity contribution >= 4 is 38.6 Å². The fraction of sp³-hybridized carbons (Fsp3) is 0.0435. The highest BCUT2D eigenvalue weighted by atomic mass is 35.5. The standard InChI is InChI=1S/C23H15ClFNO3S2/c1-31(28,29)19-8-3-2-7-18(19)22-20(14-9-11-17(25)12-10-14)26-23(30-22)21(27)15-5-4-6-16(24)13-15/h2-13H,1H3. The van der Waals surface area contributed by atoms with Crippen molar-refractivity contribution in [1.29, 1.82) is 0 Å². The van der Waals surface area contributed by atoms with Crippen LogP contribution in [0.3, 0.4) is 0 Å². The lowest BCUT2D eigenvalue weighted by Gasteiger charge is -2.08. The van der Waals surface area contributed by atoms with Crippen molar-refractivity contribution < 1.29 is 17.6 Å². The summed E-state index contributed by atoms with van der Waals surface area (Å²) in [6.45, 7) is 0. The van der Waals surface area contributed by atoms with Crippen molar-refractivity contribution in [2.45, 2.75) is 4.90 Å². The molecule has 0 N–H and O–H groups in total. The minimum absolute atomic E-state index is 0.128. The normalized spacial score (nSPS) is 11.5. The molecule has 0 aliphatic heterocycles. The maximum Gasteiger partial charge on any atom is 0.221 e. The molecule has 1 heterocycles. The number of hydrogen-bond donors (Lipinski definition) is 0. The maximum atomic E-state index is 13.5. The largest absolute Gasteiger partial charge is 0.286 e. The second-order valence-corrected chi connectivity index (χ2v) is 10.2. The summed E-state index contributed by atoms with van der Waals surface area (Å²) in [6, 6.07) is 18.7. The lowest BCUT2D eigenvalue weighted by atomic mass is 10.1. The smallest absolute Gasteiger partial charge is 0.221 e. The van der Waals surface area contributed by atoms with Gasteiger partial charge >= 0.3 is 0 Å². The predicted molar refractivity (Wildman–Crippen MR) is 121 cm³/mol. The summed E-state index contributed by atoms with van der Waals surface area (Å²) >= 11 is 7.11. The van der Waals surface area contributed by atoms with E-state index in [2.05, 4.69) is 4.98 Å². The number of rotatable bonds is 5. The Labute approximate surface area is 187 Å². The Morgan fingerprint density at radius 1 is 1.00 bits per heavy atom. The topological polar surface area (TPSA) is 64.1 Å². The zero-order chi connectivity index (χ0) is 22.2.